The minimum atomic E-state index is -0.125. The first kappa shape index (κ1) is 13.3. The molecule has 1 aromatic heterocycles. The molecule has 1 heterocycles. The summed E-state index contributed by atoms with van der Waals surface area (Å²) in [6, 6.07) is 6.11. The standard InChI is InChI=1S/C16H20FN3/c1-12-5-6-14(17)13(9-12)10-19-15-3-2-4-16(15)20-8-7-18-11-20/h5-9,11,15-16,19H,2-4,10H2,1H3. The average Bonchev–Trinajstić information content (AvgIpc) is 3.09. The van der Waals surface area contributed by atoms with Crippen molar-refractivity contribution in [1.82, 2.24) is 14.9 Å². The third kappa shape index (κ3) is 2.75. The normalized spacial score (nSPS) is 22.3. The van der Waals surface area contributed by atoms with E-state index >= 15 is 0 Å². The van der Waals surface area contributed by atoms with Crippen molar-refractivity contribution in [3.63, 3.8) is 0 Å². The van der Waals surface area contributed by atoms with E-state index in [0.29, 0.717) is 18.6 Å². The highest BCUT2D eigenvalue weighted by molar-refractivity contribution is 5.24. The summed E-state index contributed by atoms with van der Waals surface area (Å²) in [5.74, 6) is -0.125. The van der Waals surface area contributed by atoms with E-state index in [0.717, 1.165) is 24.0 Å². The highest BCUT2D eigenvalue weighted by atomic mass is 19.1. The number of rotatable bonds is 4. The van der Waals surface area contributed by atoms with Crippen LogP contribution in [0.1, 0.15) is 36.4 Å². The predicted molar refractivity (Wildman–Crippen MR) is 76.9 cm³/mol. The summed E-state index contributed by atoms with van der Waals surface area (Å²) in [6.45, 7) is 2.58. The first-order chi connectivity index (χ1) is 9.74. The molecule has 0 bridgehead atoms. The zero-order valence-corrected chi connectivity index (χ0v) is 11.7. The number of aryl methyl sites for hydroxylation is 1. The Hall–Kier alpha value is -1.68. The van der Waals surface area contributed by atoms with Crippen molar-refractivity contribution in [1.29, 1.82) is 0 Å². The molecule has 0 radical (unpaired) electrons. The number of aromatic nitrogens is 2. The molecule has 1 aliphatic rings. The summed E-state index contributed by atoms with van der Waals surface area (Å²) in [4.78, 5) is 4.12. The number of benzene rings is 1. The molecule has 3 rings (SSSR count). The van der Waals surface area contributed by atoms with Gasteiger partial charge in [-0.3, -0.25) is 0 Å². The van der Waals surface area contributed by atoms with Crippen molar-refractivity contribution >= 4 is 0 Å². The molecule has 0 saturated heterocycles. The van der Waals surface area contributed by atoms with Crippen LogP contribution in [0.15, 0.2) is 36.9 Å². The molecule has 2 unspecified atom stereocenters. The number of nitrogens with zero attached hydrogens (tertiary/aromatic N) is 2. The maximum Gasteiger partial charge on any atom is 0.127 e. The highest BCUT2D eigenvalue weighted by Crippen LogP contribution is 2.30. The second kappa shape index (κ2) is 5.75. The SMILES string of the molecule is Cc1ccc(F)c(CNC2CCCC2n2ccnc2)c1. The number of hydrogen-bond donors (Lipinski definition) is 1. The van der Waals surface area contributed by atoms with Crippen LogP contribution < -0.4 is 5.32 Å². The number of imidazole rings is 1. The summed E-state index contributed by atoms with van der Waals surface area (Å²) in [5.41, 5.74) is 1.85. The zero-order valence-electron chi connectivity index (χ0n) is 11.7. The van der Waals surface area contributed by atoms with E-state index in [2.05, 4.69) is 14.9 Å². The van der Waals surface area contributed by atoms with Crippen LogP contribution in [0, 0.1) is 12.7 Å². The van der Waals surface area contributed by atoms with Gasteiger partial charge in [0.2, 0.25) is 0 Å². The van der Waals surface area contributed by atoms with Crippen molar-refractivity contribution < 1.29 is 4.39 Å². The Morgan fingerprint density at radius 3 is 3.10 bits per heavy atom. The Morgan fingerprint density at radius 1 is 1.40 bits per heavy atom. The van der Waals surface area contributed by atoms with Crippen molar-refractivity contribution in [2.45, 2.75) is 44.8 Å². The summed E-state index contributed by atoms with van der Waals surface area (Å²) in [5, 5.41) is 3.52. The van der Waals surface area contributed by atoms with Gasteiger partial charge in [-0.15, -0.1) is 0 Å². The minimum absolute atomic E-state index is 0.125. The van der Waals surface area contributed by atoms with E-state index in [1.54, 1.807) is 6.07 Å². The molecule has 20 heavy (non-hydrogen) atoms. The molecule has 1 aromatic carbocycles. The van der Waals surface area contributed by atoms with E-state index in [-0.39, 0.29) is 5.82 Å². The molecule has 106 valence electrons. The molecule has 0 amide bonds. The van der Waals surface area contributed by atoms with E-state index in [1.807, 2.05) is 37.8 Å². The van der Waals surface area contributed by atoms with Gasteiger partial charge in [-0.05, 0) is 32.3 Å². The van der Waals surface area contributed by atoms with Crippen molar-refractivity contribution in [3.8, 4) is 0 Å². The molecule has 1 N–H and O–H groups in total. The van der Waals surface area contributed by atoms with Gasteiger partial charge in [0.05, 0.1) is 6.33 Å². The number of halogens is 1. The molecule has 1 fully saturated rings. The van der Waals surface area contributed by atoms with Gasteiger partial charge in [-0.2, -0.15) is 0 Å². The third-order valence-corrected chi connectivity index (χ3v) is 4.14. The largest absolute Gasteiger partial charge is 0.333 e. The number of nitrogens with one attached hydrogen (secondary N) is 1. The van der Waals surface area contributed by atoms with Gasteiger partial charge >= 0.3 is 0 Å². The molecule has 1 saturated carbocycles. The topological polar surface area (TPSA) is 29.9 Å². The Balaban J connectivity index is 1.67. The summed E-state index contributed by atoms with van der Waals surface area (Å²) < 4.78 is 15.9. The molecule has 3 nitrogen and oxygen atoms in total. The molecule has 0 aliphatic heterocycles. The lowest BCUT2D eigenvalue weighted by atomic mass is 10.1. The molecular formula is C16H20FN3. The third-order valence-electron chi connectivity index (χ3n) is 4.14. The van der Waals surface area contributed by atoms with Gasteiger partial charge in [0.15, 0.2) is 0 Å². The fraction of sp³-hybridized carbons (Fsp3) is 0.438. The Labute approximate surface area is 118 Å². The van der Waals surface area contributed by atoms with Gasteiger partial charge in [-0.25, -0.2) is 9.37 Å². The summed E-state index contributed by atoms with van der Waals surface area (Å²) in [6.07, 6.45) is 9.20. The fourth-order valence-electron chi connectivity index (χ4n) is 3.08. The monoisotopic (exact) mass is 273 g/mol. The smallest absolute Gasteiger partial charge is 0.127 e. The summed E-state index contributed by atoms with van der Waals surface area (Å²) in [7, 11) is 0. The first-order valence-corrected chi connectivity index (χ1v) is 7.20. The second-order valence-electron chi connectivity index (χ2n) is 5.59. The van der Waals surface area contributed by atoms with Crippen LogP contribution in [0.2, 0.25) is 0 Å². The van der Waals surface area contributed by atoms with Crippen LogP contribution >= 0.6 is 0 Å². The molecule has 2 aromatic rings. The Bertz CT molecular complexity index is 565. The molecule has 1 aliphatic carbocycles. The van der Waals surface area contributed by atoms with Gasteiger partial charge in [0.25, 0.3) is 0 Å². The van der Waals surface area contributed by atoms with Gasteiger partial charge in [0.1, 0.15) is 5.82 Å². The van der Waals surface area contributed by atoms with Crippen LogP contribution in [0.4, 0.5) is 4.39 Å². The van der Waals surface area contributed by atoms with E-state index < -0.39 is 0 Å². The summed E-state index contributed by atoms with van der Waals surface area (Å²) >= 11 is 0. The van der Waals surface area contributed by atoms with Crippen LogP contribution in [-0.4, -0.2) is 15.6 Å². The van der Waals surface area contributed by atoms with Crippen LogP contribution in [0.5, 0.6) is 0 Å². The van der Waals surface area contributed by atoms with Crippen molar-refractivity contribution in [3.05, 3.63) is 53.9 Å². The predicted octanol–water partition coefficient (Wildman–Crippen LogP) is 3.21. The lowest BCUT2D eigenvalue weighted by Crippen LogP contribution is -2.33. The second-order valence-corrected chi connectivity index (χ2v) is 5.59. The lowest BCUT2D eigenvalue weighted by molar-refractivity contribution is 0.388. The van der Waals surface area contributed by atoms with Gasteiger partial charge < -0.3 is 9.88 Å². The average molecular weight is 273 g/mol. The van der Waals surface area contributed by atoms with Crippen molar-refractivity contribution in [2.75, 3.05) is 0 Å². The highest BCUT2D eigenvalue weighted by Gasteiger charge is 2.27. The zero-order chi connectivity index (χ0) is 13.9. The number of hydrogen-bond acceptors (Lipinski definition) is 2. The van der Waals surface area contributed by atoms with Gasteiger partial charge in [0, 0.05) is 36.6 Å². The quantitative estimate of drug-likeness (QED) is 0.927. The lowest BCUT2D eigenvalue weighted by Gasteiger charge is -2.22. The Morgan fingerprint density at radius 2 is 2.30 bits per heavy atom. The molecular weight excluding hydrogens is 253 g/mol. The molecule has 0 spiro atoms. The first-order valence-electron chi connectivity index (χ1n) is 7.20. The van der Waals surface area contributed by atoms with Crippen LogP contribution in [0.3, 0.4) is 0 Å². The maximum absolute atomic E-state index is 13.8. The fourth-order valence-corrected chi connectivity index (χ4v) is 3.08. The van der Waals surface area contributed by atoms with E-state index in [1.165, 1.54) is 6.42 Å². The van der Waals surface area contributed by atoms with E-state index in [9.17, 15) is 4.39 Å². The molecule has 2 atom stereocenters. The van der Waals surface area contributed by atoms with Crippen molar-refractivity contribution in [2.24, 2.45) is 0 Å². The maximum atomic E-state index is 13.8. The van der Waals surface area contributed by atoms with Crippen LogP contribution in [0.25, 0.3) is 0 Å². The Kier molecular flexibility index (Phi) is 3.83. The van der Waals surface area contributed by atoms with Crippen LogP contribution in [-0.2, 0) is 6.54 Å². The van der Waals surface area contributed by atoms with Gasteiger partial charge in [-0.1, -0.05) is 17.7 Å². The minimum Gasteiger partial charge on any atom is -0.333 e. The molecule has 4 heteroatoms. The van der Waals surface area contributed by atoms with E-state index in [4.69, 9.17) is 0 Å².